The summed E-state index contributed by atoms with van der Waals surface area (Å²) in [6.07, 6.45) is 4.40. The molecular weight excluding hydrogens is 362 g/mol. The van der Waals surface area contributed by atoms with E-state index in [1.807, 2.05) is 48.5 Å². The van der Waals surface area contributed by atoms with E-state index in [4.69, 9.17) is 5.21 Å². The largest absolute Gasteiger partial charge is 0.508 e. The van der Waals surface area contributed by atoms with Crippen molar-refractivity contribution in [1.82, 2.24) is 0 Å². The lowest BCUT2D eigenvalue weighted by atomic mass is 9.86. The molecule has 0 aliphatic rings. The summed E-state index contributed by atoms with van der Waals surface area (Å²) >= 11 is 0. The highest BCUT2D eigenvalue weighted by molar-refractivity contribution is 5.99. The Balaban J connectivity index is 2.22. The van der Waals surface area contributed by atoms with Crippen LogP contribution in [-0.4, -0.2) is 21.6 Å². The van der Waals surface area contributed by atoms with Gasteiger partial charge in [0.15, 0.2) is 0 Å². The SMILES string of the molecule is CCCCC(=C(c1ccc(O)cc1)c1ccc(O)cc1)c1ccc(/C=N\O)cc1. The molecule has 0 heterocycles. The fourth-order valence-corrected chi connectivity index (χ4v) is 3.38. The molecule has 0 saturated heterocycles. The average molecular weight is 387 g/mol. The zero-order valence-corrected chi connectivity index (χ0v) is 16.4. The molecule has 0 aliphatic carbocycles. The zero-order chi connectivity index (χ0) is 20.6. The number of nitrogens with zero attached hydrogens (tertiary/aromatic N) is 1. The molecule has 3 aromatic rings. The lowest BCUT2D eigenvalue weighted by Gasteiger charge is -2.18. The number of hydrogen-bond acceptors (Lipinski definition) is 4. The molecule has 0 amide bonds. The van der Waals surface area contributed by atoms with Gasteiger partial charge in [0.25, 0.3) is 0 Å². The molecule has 3 rings (SSSR count). The van der Waals surface area contributed by atoms with Crippen LogP contribution in [0.4, 0.5) is 0 Å². The van der Waals surface area contributed by atoms with E-state index in [9.17, 15) is 10.2 Å². The Kier molecular flexibility index (Phi) is 6.69. The highest BCUT2D eigenvalue weighted by Crippen LogP contribution is 2.36. The topological polar surface area (TPSA) is 73.0 Å². The summed E-state index contributed by atoms with van der Waals surface area (Å²) < 4.78 is 0. The number of benzene rings is 3. The average Bonchev–Trinajstić information content (AvgIpc) is 2.74. The smallest absolute Gasteiger partial charge is 0.115 e. The van der Waals surface area contributed by atoms with Crippen LogP contribution < -0.4 is 0 Å². The molecule has 29 heavy (non-hydrogen) atoms. The van der Waals surface area contributed by atoms with Crippen molar-refractivity contribution in [2.24, 2.45) is 5.16 Å². The van der Waals surface area contributed by atoms with Gasteiger partial charge in [-0.3, -0.25) is 0 Å². The summed E-state index contributed by atoms with van der Waals surface area (Å²) in [4.78, 5) is 0. The van der Waals surface area contributed by atoms with E-state index in [1.54, 1.807) is 24.3 Å². The second-order valence-corrected chi connectivity index (χ2v) is 6.92. The highest BCUT2D eigenvalue weighted by Gasteiger charge is 2.14. The first kappa shape index (κ1) is 20.2. The first-order chi connectivity index (χ1) is 14.1. The van der Waals surface area contributed by atoms with Gasteiger partial charge in [0, 0.05) is 0 Å². The van der Waals surface area contributed by atoms with Crippen molar-refractivity contribution in [1.29, 1.82) is 0 Å². The van der Waals surface area contributed by atoms with Crippen LogP contribution >= 0.6 is 0 Å². The van der Waals surface area contributed by atoms with Crippen LogP contribution in [0.15, 0.2) is 78.0 Å². The lowest BCUT2D eigenvalue weighted by molar-refractivity contribution is 0.322. The van der Waals surface area contributed by atoms with Crippen LogP contribution in [0.3, 0.4) is 0 Å². The molecule has 0 bridgehead atoms. The van der Waals surface area contributed by atoms with Crippen LogP contribution in [0.2, 0.25) is 0 Å². The molecule has 0 fully saturated rings. The minimum absolute atomic E-state index is 0.224. The van der Waals surface area contributed by atoms with Crippen LogP contribution in [0.5, 0.6) is 11.5 Å². The number of oxime groups is 1. The summed E-state index contributed by atoms with van der Waals surface area (Å²) in [6, 6.07) is 22.3. The third kappa shape index (κ3) is 5.05. The molecule has 3 N–H and O–H groups in total. The minimum atomic E-state index is 0.224. The van der Waals surface area contributed by atoms with Crippen LogP contribution in [0.1, 0.15) is 48.4 Å². The van der Waals surface area contributed by atoms with Gasteiger partial charge >= 0.3 is 0 Å². The summed E-state index contributed by atoms with van der Waals surface area (Å²) in [5.74, 6) is 0.447. The Morgan fingerprint density at radius 1 is 0.759 bits per heavy atom. The Labute approximate surface area is 171 Å². The molecule has 4 heteroatoms. The van der Waals surface area contributed by atoms with E-state index < -0.39 is 0 Å². The maximum Gasteiger partial charge on any atom is 0.115 e. The summed E-state index contributed by atoms with van der Waals surface area (Å²) in [5, 5.41) is 31.3. The number of unbranched alkanes of at least 4 members (excludes halogenated alkanes) is 1. The maximum atomic E-state index is 9.74. The quantitative estimate of drug-likeness (QED) is 0.200. The summed E-state index contributed by atoms with van der Waals surface area (Å²) in [7, 11) is 0. The fraction of sp³-hybridized carbons (Fsp3) is 0.160. The van der Waals surface area contributed by atoms with Gasteiger partial charge < -0.3 is 15.4 Å². The van der Waals surface area contributed by atoms with Gasteiger partial charge in [0.05, 0.1) is 6.21 Å². The molecule has 148 valence electrons. The van der Waals surface area contributed by atoms with Gasteiger partial charge in [0.1, 0.15) is 11.5 Å². The third-order valence-corrected chi connectivity index (χ3v) is 4.86. The first-order valence-electron chi connectivity index (χ1n) is 9.72. The van der Waals surface area contributed by atoms with E-state index in [0.717, 1.165) is 47.1 Å². The molecule has 3 aromatic carbocycles. The standard InChI is InChI=1S/C25H25NO3/c1-2-3-4-24(19-7-5-18(6-8-19)17-26-29)25(20-9-13-22(27)14-10-20)21-11-15-23(28)16-12-21/h5-17,27-29H,2-4H2,1H3/b26-17-. The Morgan fingerprint density at radius 3 is 1.69 bits per heavy atom. The van der Waals surface area contributed by atoms with Crippen molar-refractivity contribution in [2.45, 2.75) is 26.2 Å². The van der Waals surface area contributed by atoms with Crippen molar-refractivity contribution in [3.05, 3.63) is 95.1 Å². The number of phenols is 2. The van der Waals surface area contributed by atoms with E-state index in [-0.39, 0.29) is 11.5 Å². The van der Waals surface area contributed by atoms with Crippen LogP contribution in [0, 0.1) is 0 Å². The second kappa shape index (κ2) is 9.60. The Bertz CT molecular complexity index is 938. The Hall–Kier alpha value is -3.53. The number of aromatic hydroxyl groups is 2. The van der Waals surface area contributed by atoms with Crippen molar-refractivity contribution >= 4 is 17.4 Å². The molecule has 0 aliphatic heterocycles. The molecular formula is C25H25NO3. The van der Waals surface area contributed by atoms with Gasteiger partial charge in [-0.15, -0.1) is 0 Å². The van der Waals surface area contributed by atoms with E-state index in [0.29, 0.717) is 0 Å². The summed E-state index contributed by atoms with van der Waals surface area (Å²) in [5.41, 5.74) is 6.17. The molecule has 0 unspecified atom stereocenters. The minimum Gasteiger partial charge on any atom is -0.508 e. The first-order valence-corrected chi connectivity index (χ1v) is 9.72. The monoisotopic (exact) mass is 387 g/mol. The van der Waals surface area contributed by atoms with Crippen molar-refractivity contribution in [3.63, 3.8) is 0 Å². The number of allylic oxidation sites excluding steroid dienone is 1. The molecule has 0 atom stereocenters. The van der Waals surface area contributed by atoms with Crippen LogP contribution in [-0.2, 0) is 0 Å². The zero-order valence-electron chi connectivity index (χ0n) is 16.4. The number of phenolic OH excluding ortho intramolecular Hbond substituents is 2. The second-order valence-electron chi connectivity index (χ2n) is 6.92. The van der Waals surface area contributed by atoms with Crippen molar-refractivity contribution in [2.75, 3.05) is 0 Å². The number of rotatable bonds is 7. The molecule has 0 radical (unpaired) electrons. The van der Waals surface area contributed by atoms with E-state index in [1.165, 1.54) is 11.8 Å². The van der Waals surface area contributed by atoms with Gasteiger partial charge in [-0.25, -0.2) is 0 Å². The normalized spacial score (nSPS) is 10.9. The predicted octanol–water partition coefficient (Wildman–Crippen LogP) is 6.06. The van der Waals surface area contributed by atoms with Gasteiger partial charge in [0.2, 0.25) is 0 Å². The molecule has 4 nitrogen and oxygen atoms in total. The van der Waals surface area contributed by atoms with Gasteiger partial charge in [-0.2, -0.15) is 0 Å². The number of hydrogen-bond donors (Lipinski definition) is 3. The van der Waals surface area contributed by atoms with Gasteiger partial charge in [-0.05, 0) is 70.5 Å². The lowest BCUT2D eigenvalue weighted by Crippen LogP contribution is -1.96. The van der Waals surface area contributed by atoms with Crippen LogP contribution in [0.25, 0.3) is 11.1 Å². The maximum absolute atomic E-state index is 9.74. The Morgan fingerprint density at radius 2 is 1.24 bits per heavy atom. The highest BCUT2D eigenvalue weighted by atomic mass is 16.4. The third-order valence-electron chi connectivity index (χ3n) is 4.86. The predicted molar refractivity (Wildman–Crippen MR) is 117 cm³/mol. The molecule has 0 aromatic heterocycles. The van der Waals surface area contributed by atoms with E-state index in [2.05, 4.69) is 12.1 Å². The van der Waals surface area contributed by atoms with Gasteiger partial charge in [-0.1, -0.05) is 67.0 Å². The molecule has 0 saturated carbocycles. The van der Waals surface area contributed by atoms with E-state index >= 15 is 0 Å². The summed E-state index contributed by atoms with van der Waals surface area (Å²) in [6.45, 7) is 2.17. The fourth-order valence-electron chi connectivity index (χ4n) is 3.38. The van der Waals surface area contributed by atoms with Crippen molar-refractivity contribution < 1.29 is 15.4 Å². The molecule has 0 spiro atoms. The van der Waals surface area contributed by atoms with Crippen molar-refractivity contribution in [3.8, 4) is 11.5 Å².